The number of unbranched alkanes of at least 4 members (excludes halogenated alkanes) is 26. The molecule has 0 bridgehead atoms. The van der Waals surface area contributed by atoms with Crippen LogP contribution in [0, 0.1) is 0 Å². The van der Waals surface area contributed by atoms with Crippen LogP contribution in [0.1, 0.15) is 213 Å². The van der Waals surface area contributed by atoms with Crippen LogP contribution in [0.15, 0.2) is 12.4 Å². The molecule has 0 aromatic carbocycles. The molecule has 0 N–H and O–H groups in total. The first kappa shape index (κ1) is 37.4. The van der Waals surface area contributed by atoms with Crippen LogP contribution in [-0.4, -0.2) is 29.1 Å². The van der Waals surface area contributed by atoms with E-state index in [-0.39, 0.29) is 0 Å². The van der Waals surface area contributed by atoms with Crippen LogP contribution in [0.4, 0.5) is 0 Å². The predicted molar refractivity (Wildman–Crippen MR) is 182 cm³/mol. The van der Waals surface area contributed by atoms with Crippen molar-refractivity contribution in [3.05, 3.63) is 12.4 Å². The van der Waals surface area contributed by atoms with Crippen molar-refractivity contribution in [1.82, 2.24) is 9.80 Å². The summed E-state index contributed by atoms with van der Waals surface area (Å²) in [5.74, 6) is 0. The maximum atomic E-state index is 2.70. The topological polar surface area (TPSA) is 6.48 Å². The molecule has 1 atom stereocenters. The van der Waals surface area contributed by atoms with Gasteiger partial charge < -0.3 is 9.80 Å². The lowest BCUT2D eigenvalue weighted by Crippen LogP contribution is -2.39. The van der Waals surface area contributed by atoms with Gasteiger partial charge in [-0.1, -0.05) is 188 Å². The lowest BCUT2D eigenvalue weighted by atomic mass is 10.0. The first-order valence-corrected chi connectivity index (χ1v) is 19.0. The summed E-state index contributed by atoms with van der Waals surface area (Å²) in [4.78, 5) is 5.40. The summed E-state index contributed by atoms with van der Waals surface area (Å²) in [6.07, 6.45) is 48.4. The van der Waals surface area contributed by atoms with Gasteiger partial charge in [0.25, 0.3) is 0 Å². The molecule has 0 spiro atoms. The molecule has 2 heteroatoms. The van der Waals surface area contributed by atoms with Crippen LogP contribution in [0.25, 0.3) is 0 Å². The molecule has 1 unspecified atom stereocenters. The summed E-state index contributed by atoms with van der Waals surface area (Å²) in [5.41, 5.74) is 0. The van der Waals surface area contributed by atoms with Gasteiger partial charge >= 0.3 is 0 Å². The third kappa shape index (κ3) is 22.0. The van der Waals surface area contributed by atoms with Gasteiger partial charge in [-0.15, -0.1) is 0 Å². The third-order valence-corrected chi connectivity index (χ3v) is 9.32. The number of nitrogens with zero attached hydrogens (tertiary/aromatic N) is 2. The van der Waals surface area contributed by atoms with E-state index in [1.807, 2.05) is 0 Å². The highest BCUT2D eigenvalue weighted by Crippen LogP contribution is 2.24. The Bertz CT molecular complexity index is 516. The van der Waals surface area contributed by atoms with Crippen molar-refractivity contribution < 1.29 is 0 Å². The van der Waals surface area contributed by atoms with E-state index < -0.39 is 0 Å². The summed E-state index contributed by atoms with van der Waals surface area (Å²) >= 11 is 0. The highest BCUT2D eigenvalue weighted by atomic mass is 15.4. The van der Waals surface area contributed by atoms with Crippen molar-refractivity contribution in [2.24, 2.45) is 0 Å². The molecule has 1 heterocycles. The number of hydrogen-bond donors (Lipinski definition) is 0. The molecule has 0 radical (unpaired) electrons. The van der Waals surface area contributed by atoms with Gasteiger partial charge in [0, 0.05) is 25.5 Å². The molecule has 0 aliphatic carbocycles. The second-order valence-corrected chi connectivity index (χ2v) is 13.2. The Labute approximate surface area is 254 Å². The minimum Gasteiger partial charge on any atom is -0.356 e. The normalized spacial score (nSPS) is 15.1. The van der Waals surface area contributed by atoms with E-state index in [1.54, 1.807) is 0 Å². The molecule has 1 aliphatic heterocycles. The molecule has 0 amide bonds. The molecule has 1 aliphatic rings. The molecule has 40 heavy (non-hydrogen) atoms. The summed E-state index contributed by atoms with van der Waals surface area (Å²) in [6, 6.07) is 0. The molecule has 0 fully saturated rings. The maximum absolute atomic E-state index is 2.70. The molecule has 1 rings (SSSR count). The predicted octanol–water partition coefficient (Wildman–Crippen LogP) is 13.2. The van der Waals surface area contributed by atoms with Gasteiger partial charge in [-0.25, -0.2) is 0 Å². The van der Waals surface area contributed by atoms with E-state index >= 15 is 0 Å². The second-order valence-electron chi connectivity index (χ2n) is 13.2. The Morgan fingerprint density at radius 3 is 0.875 bits per heavy atom. The van der Waals surface area contributed by atoms with Gasteiger partial charge in [0.05, 0.1) is 0 Å². The van der Waals surface area contributed by atoms with Crippen molar-refractivity contribution in [3.63, 3.8) is 0 Å². The Kier molecular flexibility index (Phi) is 27.9. The van der Waals surface area contributed by atoms with Gasteiger partial charge in [-0.2, -0.15) is 0 Å². The zero-order valence-corrected chi connectivity index (χ0v) is 28.3. The highest BCUT2D eigenvalue weighted by molar-refractivity contribution is 4.97. The molecule has 0 saturated heterocycles. The third-order valence-electron chi connectivity index (χ3n) is 9.32. The highest BCUT2D eigenvalue weighted by Gasteiger charge is 2.24. The van der Waals surface area contributed by atoms with Crippen LogP contribution < -0.4 is 0 Å². The molecule has 0 saturated carbocycles. The van der Waals surface area contributed by atoms with E-state index in [9.17, 15) is 0 Å². The lowest BCUT2D eigenvalue weighted by molar-refractivity contribution is 0.135. The van der Waals surface area contributed by atoms with Crippen LogP contribution in [0.2, 0.25) is 0 Å². The smallest absolute Gasteiger partial charge is 0.101 e. The van der Waals surface area contributed by atoms with E-state index in [1.165, 1.54) is 206 Å². The van der Waals surface area contributed by atoms with Gasteiger partial charge in [-0.3, -0.25) is 0 Å². The molecule has 2 nitrogen and oxygen atoms in total. The van der Waals surface area contributed by atoms with E-state index in [2.05, 4.69) is 43.0 Å². The van der Waals surface area contributed by atoms with Crippen LogP contribution in [0.5, 0.6) is 0 Å². The summed E-state index contributed by atoms with van der Waals surface area (Å²) in [5, 5.41) is 0. The molecule has 238 valence electrons. The lowest BCUT2D eigenvalue weighted by Gasteiger charge is -2.33. The van der Waals surface area contributed by atoms with E-state index in [0.717, 1.165) is 0 Å². The summed E-state index contributed by atoms with van der Waals surface area (Å²) < 4.78 is 0. The quantitative estimate of drug-likeness (QED) is 0.0755. The van der Waals surface area contributed by atoms with Gasteiger partial charge in [0.2, 0.25) is 0 Å². The van der Waals surface area contributed by atoms with Crippen LogP contribution in [-0.2, 0) is 0 Å². The largest absolute Gasteiger partial charge is 0.356 e. The second kappa shape index (κ2) is 29.8. The Balaban J connectivity index is 2.12. The fraction of sp³-hybridized carbons (Fsp3) is 0.947. The standard InChI is InChI=1S/C38H76N2/c1-4-7-10-13-15-17-18-19-20-21-22-24-26-29-32-35-40-37-36-39(38(40)33-30-27-12-9-6-3)34-31-28-25-23-16-14-11-8-5-2/h36-38H,4-35H2,1-3H3. The van der Waals surface area contributed by atoms with Crippen molar-refractivity contribution in [2.45, 2.75) is 220 Å². The van der Waals surface area contributed by atoms with Crippen molar-refractivity contribution in [3.8, 4) is 0 Å². The zero-order chi connectivity index (χ0) is 28.8. The number of rotatable bonds is 32. The minimum atomic E-state index is 0.641. The van der Waals surface area contributed by atoms with Crippen molar-refractivity contribution in [1.29, 1.82) is 0 Å². The maximum Gasteiger partial charge on any atom is 0.101 e. The molecule has 0 aromatic rings. The van der Waals surface area contributed by atoms with Crippen molar-refractivity contribution >= 4 is 0 Å². The Morgan fingerprint density at radius 1 is 0.325 bits per heavy atom. The van der Waals surface area contributed by atoms with E-state index in [4.69, 9.17) is 0 Å². The monoisotopic (exact) mass is 561 g/mol. The zero-order valence-electron chi connectivity index (χ0n) is 28.3. The first-order valence-electron chi connectivity index (χ1n) is 19.0. The SMILES string of the molecule is CCCCCCCCCCCCCCCCCN1C=CN(CCCCCCCCCCC)C1CCCCCCC. The molecular formula is C38H76N2. The average molecular weight is 561 g/mol. The Morgan fingerprint density at radius 2 is 0.575 bits per heavy atom. The van der Waals surface area contributed by atoms with Gasteiger partial charge in [0.15, 0.2) is 0 Å². The fourth-order valence-corrected chi connectivity index (χ4v) is 6.54. The van der Waals surface area contributed by atoms with Crippen LogP contribution in [0.3, 0.4) is 0 Å². The number of hydrogen-bond acceptors (Lipinski definition) is 2. The Hall–Kier alpha value is -0.660. The van der Waals surface area contributed by atoms with E-state index in [0.29, 0.717) is 6.17 Å². The van der Waals surface area contributed by atoms with Crippen molar-refractivity contribution in [2.75, 3.05) is 13.1 Å². The molecular weight excluding hydrogens is 484 g/mol. The van der Waals surface area contributed by atoms with Gasteiger partial charge in [0.1, 0.15) is 6.17 Å². The fourth-order valence-electron chi connectivity index (χ4n) is 6.54. The minimum absolute atomic E-state index is 0.641. The summed E-state index contributed by atoms with van der Waals surface area (Å²) in [6.45, 7) is 9.48. The van der Waals surface area contributed by atoms with Gasteiger partial charge in [-0.05, 0) is 25.7 Å². The van der Waals surface area contributed by atoms with Crippen LogP contribution >= 0.6 is 0 Å². The average Bonchev–Trinajstić information content (AvgIpc) is 3.35. The summed E-state index contributed by atoms with van der Waals surface area (Å²) in [7, 11) is 0. The first-order chi connectivity index (χ1) is 19.8. The molecule has 0 aromatic heterocycles.